The molecular weight excluding hydrogens is 148 g/mol. The third-order valence-corrected chi connectivity index (χ3v) is 1.15. The maximum Gasteiger partial charge on any atom is 0.295 e. The molecule has 11 heavy (non-hydrogen) atoms. The smallest absolute Gasteiger partial charge is 0.295 e. The highest BCUT2D eigenvalue weighted by molar-refractivity contribution is 5.87. The van der Waals surface area contributed by atoms with E-state index < -0.39 is 17.5 Å². The van der Waals surface area contributed by atoms with Crippen LogP contribution in [0.2, 0.25) is 0 Å². The molecule has 0 saturated carbocycles. The molecule has 0 rings (SSSR count). The number of ketones is 1. The lowest BCUT2D eigenvalue weighted by Gasteiger charge is -2.18. The van der Waals surface area contributed by atoms with E-state index in [0.29, 0.717) is 0 Å². The number of hydrogen-bond donors (Lipinski definition) is 1. The van der Waals surface area contributed by atoms with Crippen LogP contribution in [0.3, 0.4) is 0 Å². The summed E-state index contributed by atoms with van der Waals surface area (Å²) < 4.78 is 4.06. The van der Waals surface area contributed by atoms with Crippen molar-refractivity contribution < 1.29 is 19.4 Å². The van der Waals surface area contributed by atoms with Crippen LogP contribution in [0, 0.1) is 5.41 Å². The van der Waals surface area contributed by atoms with E-state index in [0.717, 1.165) is 0 Å². The fourth-order valence-corrected chi connectivity index (χ4v) is 0.485. The van der Waals surface area contributed by atoms with Crippen molar-refractivity contribution in [2.45, 2.75) is 27.1 Å². The Labute approximate surface area is 65.2 Å². The van der Waals surface area contributed by atoms with Gasteiger partial charge in [-0.05, 0) is 0 Å². The maximum atomic E-state index is 11.0. The Morgan fingerprint density at radius 2 is 2.00 bits per heavy atom. The molecule has 0 amide bonds. The Morgan fingerprint density at radius 1 is 1.55 bits per heavy atom. The monoisotopic (exact) mass is 160 g/mol. The van der Waals surface area contributed by atoms with Gasteiger partial charge in [0, 0.05) is 5.41 Å². The van der Waals surface area contributed by atoms with Gasteiger partial charge in [-0.1, -0.05) is 20.8 Å². The molecule has 0 aliphatic heterocycles. The lowest BCUT2D eigenvalue weighted by molar-refractivity contribution is -0.169. The molecule has 64 valence electrons. The van der Waals surface area contributed by atoms with Crippen LogP contribution in [0.25, 0.3) is 0 Å². The molecule has 0 saturated heterocycles. The fraction of sp³-hybridized carbons (Fsp3) is 0.714. The normalized spacial score (nSPS) is 13.8. The highest BCUT2D eigenvalue weighted by Crippen LogP contribution is 2.16. The van der Waals surface area contributed by atoms with Gasteiger partial charge >= 0.3 is 0 Å². The Kier molecular flexibility index (Phi) is 3.19. The zero-order valence-corrected chi connectivity index (χ0v) is 6.83. The van der Waals surface area contributed by atoms with E-state index in [4.69, 9.17) is 5.11 Å². The second-order valence-electron chi connectivity index (χ2n) is 3.20. The molecule has 0 spiro atoms. The van der Waals surface area contributed by atoms with Gasteiger partial charge < -0.3 is 9.84 Å². The maximum absolute atomic E-state index is 11.0. The van der Waals surface area contributed by atoms with Crippen LogP contribution in [0.4, 0.5) is 0 Å². The molecule has 1 N–H and O–H groups in total. The van der Waals surface area contributed by atoms with Gasteiger partial charge in [0.15, 0.2) is 0 Å². The Morgan fingerprint density at radius 3 is 2.27 bits per heavy atom. The summed E-state index contributed by atoms with van der Waals surface area (Å²) in [4.78, 5) is 20.7. The summed E-state index contributed by atoms with van der Waals surface area (Å²) in [6.45, 7) is 4.94. The molecule has 0 aromatic heterocycles. The van der Waals surface area contributed by atoms with Crippen LogP contribution in [0.5, 0.6) is 0 Å². The molecule has 0 radical (unpaired) electrons. The van der Waals surface area contributed by atoms with Crippen LogP contribution in [0.15, 0.2) is 0 Å². The van der Waals surface area contributed by atoms with Crippen molar-refractivity contribution in [3.63, 3.8) is 0 Å². The molecule has 1 unspecified atom stereocenters. The molecule has 0 heterocycles. The van der Waals surface area contributed by atoms with Gasteiger partial charge in [0.25, 0.3) is 12.8 Å². The van der Waals surface area contributed by atoms with Gasteiger partial charge in [-0.3, -0.25) is 9.59 Å². The number of aliphatic hydroxyl groups is 1. The first-order chi connectivity index (χ1) is 4.89. The zero-order valence-electron chi connectivity index (χ0n) is 6.83. The van der Waals surface area contributed by atoms with Crippen molar-refractivity contribution in [2.24, 2.45) is 5.41 Å². The minimum atomic E-state index is -1.63. The van der Waals surface area contributed by atoms with Crippen LogP contribution in [0.1, 0.15) is 20.8 Å². The van der Waals surface area contributed by atoms with E-state index in [-0.39, 0.29) is 6.47 Å². The lowest BCUT2D eigenvalue weighted by Crippen LogP contribution is -2.33. The molecule has 0 fully saturated rings. The van der Waals surface area contributed by atoms with E-state index in [9.17, 15) is 9.59 Å². The Bertz CT molecular complexity index is 156. The summed E-state index contributed by atoms with van der Waals surface area (Å²) in [5.41, 5.74) is -0.692. The summed E-state index contributed by atoms with van der Waals surface area (Å²) in [6.07, 6.45) is -1.63. The largest absolute Gasteiger partial charge is 0.430 e. The second kappa shape index (κ2) is 3.48. The number of Topliss-reactive ketones (excluding diaryl/α,β-unsaturated/α-hetero) is 1. The number of rotatable bonds is 3. The first-order valence-corrected chi connectivity index (χ1v) is 3.21. The summed E-state index contributed by atoms with van der Waals surface area (Å²) in [6, 6.07) is 0. The van der Waals surface area contributed by atoms with Gasteiger partial charge in [0.1, 0.15) is 0 Å². The summed E-state index contributed by atoms with van der Waals surface area (Å²) in [5, 5.41) is 8.85. The summed E-state index contributed by atoms with van der Waals surface area (Å²) in [7, 11) is 0. The Balaban J connectivity index is 4.13. The number of hydrogen-bond acceptors (Lipinski definition) is 4. The van der Waals surface area contributed by atoms with Gasteiger partial charge in [0.05, 0.1) is 0 Å². The predicted molar refractivity (Wildman–Crippen MR) is 37.6 cm³/mol. The van der Waals surface area contributed by atoms with Gasteiger partial charge in [0.2, 0.25) is 5.78 Å². The topological polar surface area (TPSA) is 63.6 Å². The van der Waals surface area contributed by atoms with E-state index in [1.54, 1.807) is 20.8 Å². The molecule has 4 heteroatoms. The van der Waals surface area contributed by atoms with Crippen molar-refractivity contribution >= 4 is 12.3 Å². The van der Waals surface area contributed by atoms with E-state index in [1.165, 1.54) is 0 Å². The average molecular weight is 160 g/mol. The van der Waals surface area contributed by atoms with E-state index >= 15 is 0 Å². The number of ether oxygens (including phenoxy) is 1. The highest BCUT2D eigenvalue weighted by atomic mass is 16.6. The van der Waals surface area contributed by atoms with Crippen molar-refractivity contribution in [2.75, 3.05) is 0 Å². The van der Waals surface area contributed by atoms with Crippen LogP contribution in [-0.2, 0) is 14.3 Å². The van der Waals surface area contributed by atoms with Crippen LogP contribution in [-0.4, -0.2) is 23.7 Å². The van der Waals surface area contributed by atoms with E-state index in [2.05, 4.69) is 4.74 Å². The minimum Gasteiger partial charge on any atom is -0.430 e. The fourth-order valence-electron chi connectivity index (χ4n) is 0.485. The first-order valence-electron chi connectivity index (χ1n) is 3.21. The minimum absolute atomic E-state index is 0.0499. The lowest BCUT2D eigenvalue weighted by atomic mass is 9.90. The average Bonchev–Trinajstić information content (AvgIpc) is 1.85. The van der Waals surface area contributed by atoms with E-state index in [1.807, 2.05) is 0 Å². The molecule has 0 aromatic carbocycles. The molecule has 0 aliphatic rings. The molecule has 0 aliphatic carbocycles. The zero-order chi connectivity index (χ0) is 9.07. The van der Waals surface area contributed by atoms with Crippen molar-refractivity contribution in [3.05, 3.63) is 0 Å². The number of carbonyl (C=O) groups excluding carboxylic acids is 2. The second-order valence-corrected chi connectivity index (χ2v) is 3.20. The van der Waals surface area contributed by atoms with Gasteiger partial charge in [-0.25, -0.2) is 0 Å². The molecular formula is C7H12O4. The molecule has 0 aromatic rings. The highest BCUT2D eigenvalue weighted by Gasteiger charge is 2.29. The predicted octanol–water partition coefficient (Wildman–Crippen LogP) is 0.0930. The summed E-state index contributed by atoms with van der Waals surface area (Å²) in [5.74, 6) is -0.510. The molecule has 0 bridgehead atoms. The van der Waals surface area contributed by atoms with Crippen molar-refractivity contribution in [1.29, 1.82) is 0 Å². The quantitative estimate of drug-likeness (QED) is 0.469. The molecule has 1 atom stereocenters. The third kappa shape index (κ3) is 3.13. The van der Waals surface area contributed by atoms with Gasteiger partial charge in [-0.2, -0.15) is 0 Å². The van der Waals surface area contributed by atoms with Crippen molar-refractivity contribution in [1.82, 2.24) is 0 Å². The molecule has 4 nitrogen and oxygen atoms in total. The number of aliphatic hydroxyl groups excluding tert-OH is 1. The van der Waals surface area contributed by atoms with Crippen LogP contribution >= 0.6 is 0 Å². The van der Waals surface area contributed by atoms with Crippen LogP contribution < -0.4 is 0 Å². The number of carbonyl (C=O) groups is 2. The standard InChI is InChI=1S/C7H12O4/c1-7(2,3)5(9)6(10)11-4-8/h4,6,10H,1-3H3. The first kappa shape index (κ1) is 10.1. The SMILES string of the molecule is CC(C)(C)C(=O)C(O)OC=O. The Hall–Kier alpha value is -0.900. The van der Waals surface area contributed by atoms with Crippen molar-refractivity contribution in [3.8, 4) is 0 Å². The van der Waals surface area contributed by atoms with Gasteiger partial charge in [-0.15, -0.1) is 0 Å². The summed E-state index contributed by atoms with van der Waals surface area (Å²) >= 11 is 0. The third-order valence-electron chi connectivity index (χ3n) is 1.15.